The summed E-state index contributed by atoms with van der Waals surface area (Å²) in [5.41, 5.74) is 0.917. The highest BCUT2D eigenvalue weighted by Crippen LogP contribution is 1.94. The van der Waals surface area contributed by atoms with Crippen molar-refractivity contribution in [1.82, 2.24) is 10.3 Å². The molecule has 0 bridgehead atoms. The molecule has 1 aromatic heterocycles. The molecule has 0 aromatic carbocycles. The van der Waals surface area contributed by atoms with E-state index in [1.54, 1.807) is 6.07 Å². The van der Waals surface area contributed by atoms with Gasteiger partial charge in [-0.2, -0.15) is 8.78 Å². The van der Waals surface area contributed by atoms with E-state index in [4.69, 9.17) is 7.85 Å². The van der Waals surface area contributed by atoms with Gasteiger partial charge in [-0.3, -0.25) is 9.78 Å². The number of aromatic nitrogens is 1. The first-order chi connectivity index (χ1) is 6.59. The van der Waals surface area contributed by atoms with Crippen LogP contribution in [0.3, 0.4) is 0 Å². The molecule has 0 unspecified atom stereocenters. The van der Waals surface area contributed by atoms with Gasteiger partial charge in [0.15, 0.2) is 0 Å². The van der Waals surface area contributed by atoms with Gasteiger partial charge in [-0.25, -0.2) is 0 Å². The molecule has 0 saturated carbocycles. The monoisotopic (exact) mass is 196 g/mol. The SMILES string of the molecule is [B]c1ccnc(CNC(=O)C(F)F)c1. The number of halogens is 2. The summed E-state index contributed by atoms with van der Waals surface area (Å²) in [5.74, 6) is -1.31. The molecule has 2 radical (unpaired) electrons. The molecule has 1 rings (SSSR count). The predicted octanol–water partition coefficient (Wildman–Crippen LogP) is -0.243. The van der Waals surface area contributed by atoms with Crippen LogP contribution in [0.4, 0.5) is 8.78 Å². The van der Waals surface area contributed by atoms with E-state index in [1.165, 1.54) is 12.3 Å². The highest BCUT2D eigenvalue weighted by Gasteiger charge is 2.13. The van der Waals surface area contributed by atoms with E-state index in [0.717, 1.165) is 0 Å². The molecule has 1 heterocycles. The van der Waals surface area contributed by atoms with Crippen molar-refractivity contribution in [2.24, 2.45) is 0 Å². The molecule has 0 aliphatic carbocycles. The standard InChI is InChI=1S/C8H7BF2N2O/c9-5-1-2-12-6(3-5)4-13-8(14)7(10)11/h1-3,7H,4H2,(H,13,14). The third-order valence-electron chi connectivity index (χ3n) is 1.48. The molecule has 3 nitrogen and oxygen atoms in total. The van der Waals surface area contributed by atoms with Crippen LogP contribution in [-0.4, -0.2) is 25.2 Å². The number of nitrogens with one attached hydrogen (secondary N) is 1. The van der Waals surface area contributed by atoms with E-state index in [9.17, 15) is 13.6 Å². The Morgan fingerprint density at radius 3 is 2.93 bits per heavy atom. The first-order valence-corrected chi connectivity index (χ1v) is 3.86. The average Bonchev–Trinajstić information content (AvgIpc) is 2.14. The molecular weight excluding hydrogens is 189 g/mol. The Hall–Kier alpha value is -1.46. The molecule has 0 saturated heterocycles. The summed E-state index contributed by atoms with van der Waals surface area (Å²) < 4.78 is 23.5. The fourth-order valence-electron chi connectivity index (χ4n) is 0.848. The number of carbonyl (C=O) groups is 1. The molecule has 0 atom stereocenters. The van der Waals surface area contributed by atoms with Gasteiger partial charge in [0.05, 0.1) is 12.2 Å². The Morgan fingerprint density at radius 1 is 1.64 bits per heavy atom. The Labute approximate surface area is 80.9 Å². The zero-order chi connectivity index (χ0) is 10.6. The molecule has 6 heteroatoms. The van der Waals surface area contributed by atoms with Gasteiger partial charge in [0.25, 0.3) is 5.91 Å². The minimum atomic E-state index is -3.00. The van der Waals surface area contributed by atoms with E-state index >= 15 is 0 Å². The van der Waals surface area contributed by atoms with Gasteiger partial charge in [-0.1, -0.05) is 11.5 Å². The molecule has 0 aliphatic heterocycles. The molecule has 72 valence electrons. The second kappa shape index (κ2) is 4.69. The van der Waals surface area contributed by atoms with Crippen molar-refractivity contribution in [2.75, 3.05) is 0 Å². The van der Waals surface area contributed by atoms with Crippen molar-refractivity contribution in [3.63, 3.8) is 0 Å². The molecule has 0 aliphatic rings. The molecule has 1 amide bonds. The molecular formula is C8H7BF2N2O. The van der Waals surface area contributed by atoms with E-state index in [0.29, 0.717) is 11.2 Å². The van der Waals surface area contributed by atoms with Crippen LogP contribution in [0.25, 0.3) is 0 Å². The quantitative estimate of drug-likeness (QED) is 0.677. The summed E-state index contributed by atoms with van der Waals surface area (Å²) in [4.78, 5) is 14.3. The maximum absolute atomic E-state index is 11.8. The minimum absolute atomic E-state index is 0.0474. The Kier molecular flexibility index (Phi) is 3.56. The Balaban J connectivity index is 2.50. The maximum atomic E-state index is 11.8. The van der Waals surface area contributed by atoms with Gasteiger partial charge < -0.3 is 5.32 Å². The van der Waals surface area contributed by atoms with Crippen molar-refractivity contribution in [3.8, 4) is 0 Å². The molecule has 0 spiro atoms. The smallest absolute Gasteiger partial charge is 0.315 e. The van der Waals surface area contributed by atoms with Gasteiger partial charge in [0.2, 0.25) is 0 Å². The minimum Gasteiger partial charge on any atom is -0.345 e. The maximum Gasteiger partial charge on any atom is 0.315 e. The Bertz CT molecular complexity index is 333. The summed E-state index contributed by atoms with van der Waals surface area (Å²) >= 11 is 0. The third-order valence-corrected chi connectivity index (χ3v) is 1.48. The molecule has 0 fully saturated rings. The normalized spacial score (nSPS) is 10.2. The van der Waals surface area contributed by atoms with Crippen LogP contribution in [0.1, 0.15) is 5.69 Å². The van der Waals surface area contributed by atoms with Crippen molar-refractivity contribution in [2.45, 2.75) is 13.0 Å². The van der Waals surface area contributed by atoms with Crippen LogP contribution < -0.4 is 10.8 Å². The largest absolute Gasteiger partial charge is 0.345 e. The Morgan fingerprint density at radius 2 is 2.36 bits per heavy atom. The van der Waals surface area contributed by atoms with E-state index in [1.807, 2.05) is 5.32 Å². The molecule has 1 aromatic rings. The number of rotatable bonds is 3. The van der Waals surface area contributed by atoms with Crippen LogP contribution in [-0.2, 0) is 11.3 Å². The highest BCUT2D eigenvalue weighted by molar-refractivity contribution is 6.32. The van der Waals surface area contributed by atoms with Gasteiger partial charge in [-0.15, -0.1) is 0 Å². The molecule has 14 heavy (non-hydrogen) atoms. The van der Waals surface area contributed by atoms with Crippen molar-refractivity contribution >= 4 is 19.2 Å². The van der Waals surface area contributed by atoms with Crippen LogP contribution in [0.5, 0.6) is 0 Å². The number of pyridine rings is 1. The predicted molar refractivity (Wildman–Crippen MR) is 47.5 cm³/mol. The fraction of sp³-hybridized carbons (Fsp3) is 0.250. The van der Waals surface area contributed by atoms with Crippen molar-refractivity contribution in [3.05, 3.63) is 24.0 Å². The summed E-state index contributed by atoms with van der Waals surface area (Å²) in [6, 6.07) is 3.07. The number of hydrogen-bond donors (Lipinski definition) is 1. The number of carbonyl (C=O) groups excluding carboxylic acids is 1. The first kappa shape index (κ1) is 10.6. The second-order valence-electron chi connectivity index (χ2n) is 2.60. The molecule has 1 N–H and O–H groups in total. The first-order valence-electron chi connectivity index (χ1n) is 3.86. The van der Waals surface area contributed by atoms with Gasteiger partial charge in [-0.05, 0) is 6.07 Å². The fourth-order valence-corrected chi connectivity index (χ4v) is 0.848. The zero-order valence-corrected chi connectivity index (χ0v) is 7.21. The lowest BCUT2D eigenvalue weighted by Gasteiger charge is -2.04. The highest BCUT2D eigenvalue weighted by atomic mass is 19.3. The summed E-state index contributed by atoms with van der Waals surface area (Å²) in [7, 11) is 5.42. The van der Waals surface area contributed by atoms with Gasteiger partial charge in [0.1, 0.15) is 7.85 Å². The van der Waals surface area contributed by atoms with Gasteiger partial charge >= 0.3 is 6.43 Å². The second-order valence-corrected chi connectivity index (χ2v) is 2.60. The summed E-state index contributed by atoms with van der Waals surface area (Å²) in [6.45, 7) is -0.0474. The number of nitrogens with zero attached hydrogens (tertiary/aromatic N) is 1. The van der Waals surface area contributed by atoms with Crippen LogP contribution in [0, 0.1) is 0 Å². The summed E-state index contributed by atoms with van der Waals surface area (Å²) in [5, 5.41) is 2.02. The topological polar surface area (TPSA) is 42.0 Å². The number of alkyl halides is 2. The zero-order valence-electron chi connectivity index (χ0n) is 7.21. The van der Waals surface area contributed by atoms with Crippen LogP contribution in [0.15, 0.2) is 18.3 Å². The summed E-state index contributed by atoms with van der Waals surface area (Å²) in [6.07, 6.45) is -1.56. The number of hydrogen-bond acceptors (Lipinski definition) is 2. The average molecular weight is 196 g/mol. The van der Waals surface area contributed by atoms with E-state index < -0.39 is 12.3 Å². The van der Waals surface area contributed by atoms with Crippen LogP contribution in [0.2, 0.25) is 0 Å². The van der Waals surface area contributed by atoms with Gasteiger partial charge in [0, 0.05) is 6.20 Å². The lowest BCUT2D eigenvalue weighted by atomic mass is 9.97. The van der Waals surface area contributed by atoms with Crippen molar-refractivity contribution in [1.29, 1.82) is 0 Å². The lowest BCUT2D eigenvalue weighted by Crippen LogP contribution is -2.29. The van der Waals surface area contributed by atoms with Crippen LogP contribution >= 0.6 is 0 Å². The number of amides is 1. The van der Waals surface area contributed by atoms with Crippen molar-refractivity contribution < 1.29 is 13.6 Å². The van der Waals surface area contributed by atoms with E-state index in [2.05, 4.69) is 4.98 Å². The third kappa shape index (κ3) is 3.12. The lowest BCUT2D eigenvalue weighted by molar-refractivity contribution is -0.131. The van der Waals surface area contributed by atoms with E-state index in [-0.39, 0.29) is 6.54 Å².